The second-order valence-electron chi connectivity index (χ2n) is 8.96. The highest BCUT2D eigenvalue weighted by Crippen LogP contribution is 2.34. The number of rotatable bonds is 9. The number of ether oxygens (including phenoxy) is 1. The summed E-state index contributed by atoms with van der Waals surface area (Å²) in [6.45, 7) is 7.98. The van der Waals surface area contributed by atoms with Crippen LogP contribution < -0.4 is 10.3 Å². The molecule has 1 aliphatic carbocycles. The summed E-state index contributed by atoms with van der Waals surface area (Å²) in [7, 11) is 1.62. The molecule has 0 bridgehead atoms. The molecule has 0 atom stereocenters. The van der Waals surface area contributed by atoms with E-state index in [1.165, 1.54) is 12.8 Å². The summed E-state index contributed by atoms with van der Waals surface area (Å²) in [5.41, 5.74) is 1.62. The zero-order valence-electron chi connectivity index (χ0n) is 18.9. The molecule has 1 aromatic carbocycles. The molecule has 5 heteroatoms. The van der Waals surface area contributed by atoms with Crippen LogP contribution in [0.1, 0.15) is 70.8 Å². The Morgan fingerprint density at radius 3 is 2.57 bits per heavy atom. The summed E-state index contributed by atoms with van der Waals surface area (Å²) < 4.78 is 7.08. The first kappa shape index (κ1) is 22.4. The van der Waals surface area contributed by atoms with E-state index in [-0.39, 0.29) is 18.0 Å². The van der Waals surface area contributed by atoms with Crippen LogP contribution in [0.4, 0.5) is 0 Å². The van der Waals surface area contributed by atoms with Crippen molar-refractivity contribution in [3.05, 3.63) is 40.2 Å². The van der Waals surface area contributed by atoms with Crippen LogP contribution in [0.3, 0.4) is 0 Å². The molecule has 0 radical (unpaired) electrons. The molecule has 1 aromatic heterocycles. The summed E-state index contributed by atoms with van der Waals surface area (Å²) in [5.74, 6) is 1.56. The van der Waals surface area contributed by atoms with Crippen molar-refractivity contribution in [2.45, 2.75) is 71.8 Å². The highest BCUT2D eigenvalue weighted by Gasteiger charge is 2.24. The normalized spacial score (nSPS) is 14.6. The van der Waals surface area contributed by atoms with E-state index in [0.717, 1.165) is 55.2 Å². The van der Waals surface area contributed by atoms with Crippen LogP contribution in [0.2, 0.25) is 0 Å². The highest BCUT2D eigenvalue weighted by atomic mass is 16.5. The Kier molecular flexibility index (Phi) is 7.57. The minimum absolute atomic E-state index is 0.0173. The van der Waals surface area contributed by atoms with Crippen molar-refractivity contribution >= 4 is 16.8 Å². The maximum atomic E-state index is 13.5. The van der Waals surface area contributed by atoms with Gasteiger partial charge in [-0.3, -0.25) is 14.2 Å². The van der Waals surface area contributed by atoms with Gasteiger partial charge in [-0.1, -0.05) is 33.6 Å². The Morgan fingerprint density at radius 2 is 1.93 bits per heavy atom. The molecule has 0 aliphatic heterocycles. The first-order valence-corrected chi connectivity index (χ1v) is 11.4. The number of aromatic nitrogens is 1. The molecule has 5 nitrogen and oxygen atoms in total. The summed E-state index contributed by atoms with van der Waals surface area (Å²) in [6.07, 6.45) is 6.33. The molecular weight excluding hydrogens is 376 g/mol. The predicted octanol–water partition coefficient (Wildman–Crippen LogP) is 4.95. The van der Waals surface area contributed by atoms with E-state index >= 15 is 0 Å². The van der Waals surface area contributed by atoms with Crippen LogP contribution in [0.25, 0.3) is 10.9 Å². The van der Waals surface area contributed by atoms with Gasteiger partial charge in [-0.05, 0) is 61.1 Å². The number of hydrogen-bond donors (Lipinski definition) is 0. The van der Waals surface area contributed by atoms with Crippen molar-refractivity contribution in [1.82, 2.24) is 9.47 Å². The van der Waals surface area contributed by atoms with E-state index in [9.17, 15) is 9.59 Å². The minimum atomic E-state index is -0.0173. The van der Waals surface area contributed by atoms with E-state index in [1.807, 2.05) is 29.2 Å². The first-order chi connectivity index (χ1) is 14.4. The van der Waals surface area contributed by atoms with Gasteiger partial charge in [0.25, 0.3) is 5.56 Å². The van der Waals surface area contributed by atoms with E-state index < -0.39 is 0 Å². The number of nitrogens with zero attached hydrogens (tertiary/aromatic N) is 2. The summed E-state index contributed by atoms with van der Waals surface area (Å²) in [6, 6.07) is 7.83. The number of amides is 1. The van der Waals surface area contributed by atoms with Crippen LogP contribution in [-0.4, -0.2) is 35.6 Å². The van der Waals surface area contributed by atoms with Crippen molar-refractivity contribution in [3.63, 3.8) is 0 Å². The number of pyridine rings is 1. The summed E-state index contributed by atoms with van der Waals surface area (Å²) in [5, 5.41) is 0.995. The van der Waals surface area contributed by atoms with Crippen molar-refractivity contribution < 1.29 is 9.53 Å². The van der Waals surface area contributed by atoms with Crippen molar-refractivity contribution in [2.24, 2.45) is 5.92 Å². The molecule has 1 fully saturated rings. The molecule has 1 heterocycles. The highest BCUT2D eigenvalue weighted by molar-refractivity contribution is 5.84. The molecule has 164 valence electrons. The van der Waals surface area contributed by atoms with Crippen LogP contribution in [0.15, 0.2) is 29.1 Å². The third kappa shape index (κ3) is 5.05. The Labute approximate surface area is 180 Å². The number of hydrogen-bond acceptors (Lipinski definition) is 3. The molecular formula is C25H36N2O3. The van der Waals surface area contributed by atoms with Crippen molar-refractivity contribution in [3.8, 4) is 5.75 Å². The quantitative estimate of drug-likeness (QED) is 0.585. The summed E-state index contributed by atoms with van der Waals surface area (Å²) >= 11 is 0. The lowest BCUT2D eigenvalue weighted by atomic mass is 9.97. The molecule has 1 aliphatic rings. The van der Waals surface area contributed by atoms with Crippen LogP contribution in [0, 0.1) is 5.92 Å². The Balaban J connectivity index is 2.01. The third-order valence-corrected chi connectivity index (χ3v) is 6.24. The number of carbonyl (C=O) groups excluding carboxylic acids is 1. The van der Waals surface area contributed by atoms with Gasteiger partial charge in [-0.15, -0.1) is 0 Å². The summed E-state index contributed by atoms with van der Waals surface area (Å²) in [4.78, 5) is 28.7. The zero-order chi connectivity index (χ0) is 21.7. The van der Waals surface area contributed by atoms with E-state index in [4.69, 9.17) is 4.74 Å². The van der Waals surface area contributed by atoms with Gasteiger partial charge in [0.05, 0.1) is 12.6 Å². The van der Waals surface area contributed by atoms with Gasteiger partial charge in [-0.25, -0.2) is 0 Å². The van der Waals surface area contributed by atoms with Crippen LogP contribution >= 0.6 is 0 Å². The Hall–Kier alpha value is -2.30. The number of carbonyl (C=O) groups is 1. The Morgan fingerprint density at radius 1 is 1.20 bits per heavy atom. The number of fused-ring (bicyclic) bond motifs is 1. The molecule has 0 unspecified atom stereocenters. The standard InChI is InChI=1S/C25H36N2O3/c1-5-13-26(14-12-18(2)3)24(28)17-27-23-16-21(30-4)11-10-20(23)15-22(25(27)29)19-8-6-7-9-19/h10-11,15-16,18-19H,5-9,12-14,17H2,1-4H3. The topological polar surface area (TPSA) is 51.5 Å². The molecule has 2 aromatic rings. The number of methoxy groups -OCH3 is 1. The SMILES string of the molecule is CCCN(CCC(C)C)C(=O)Cn1c(=O)c(C2CCCC2)cc2ccc(OC)cc21. The second-order valence-corrected chi connectivity index (χ2v) is 8.96. The van der Waals surface area contributed by atoms with E-state index in [0.29, 0.717) is 17.6 Å². The monoisotopic (exact) mass is 412 g/mol. The average Bonchev–Trinajstić information content (AvgIpc) is 3.26. The lowest BCUT2D eigenvalue weighted by Crippen LogP contribution is -2.38. The maximum Gasteiger partial charge on any atom is 0.255 e. The third-order valence-electron chi connectivity index (χ3n) is 6.24. The number of benzene rings is 1. The fourth-order valence-corrected chi connectivity index (χ4v) is 4.47. The molecule has 0 spiro atoms. The zero-order valence-corrected chi connectivity index (χ0v) is 18.9. The Bertz CT molecular complexity index is 926. The molecule has 0 saturated heterocycles. The minimum Gasteiger partial charge on any atom is -0.497 e. The largest absolute Gasteiger partial charge is 0.497 e. The molecule has 1 amide bonds. The lowest BCUT2D eigenvalue weighted by Gasteiger charge is -2.24. The van der Waals surface area contributed by atoms with E-state index in [2.05, 4.69) is 20.8 Å². The van der Waals surface area contributed by atoms with Gasteiger partial charge in [-0.2, -0.15) is 0 Å². The van der Waals surface area contributed by atoms with Crippen LogP contribution in [-0.2, 0) is 11.3 Å². The fraction of sp³-hybridized carbons (Fsp3) is 0.600. The molecule has 3 rings (SSSR count). The smallest absolute Gasteiger partial charge is 0.255 e. The van der Waals surface area contributed by atoms with Gasteiger partial charge in [0.1, 0.15) is 12.3 Å². The van der Waals surface area contributed by atoms with Gasteiger partial charge < -0.3 is 9.64 Å². The maximum absolute atomic E-state index is 13.5. The molecule has 30 heavy (non-hydrogen) atoms. The second kappa shape index (κ2) is 10.1. The van der Waals surface area contributed by atoms with Crippen molar-refractivity contribution in [2.75, 3.05) is 20.2 Å². The molecule has 1 saturated carbocycles. The predicted molar refractivity (Wildman–Crippen MR) is 122 cm³/mol. The average molecular weight is 413 g/mol. The van der Waals surface area contributed by atoms with Gasteiger partial charge in [0, 0.05) is 24.7 Å². The van der Waals surface area contributed by atoms with Gasteiger partial charge >= 0.3 is 0 Å². The van der Waals surface area contributed by atoms with Gasteiger partial charge in [0.2, 0.25) is 5.91 Å². The fourth-order valence-electron chi connectivity index (χ4n) is 4.47. The van der Waals surface area contributed by atoms with Crippen LogP contribution in [0.5, 0.6) is 5.75 Å². The first-order valence-electron chi connectivity index (χ1n) is 11.4. The van der Waals surface area contributed by atoms with E-state index in [1.54, 1.807) is 11.7 Å². The van der Waals surface area contributed by atoms with Crippen molar-refractivity contribution in [1.29, 1.82) is 0 Å². The molecule has 0 N–H and O–H groups in total. The van der Waals surface area contributed by atoms with Gasteiger partial charge in [0.15, 0.2) is 0 Å². The lowest BCUT2D eigenvalue weighted by molar-refractivity contribution is -0.132.